The summed E-state index contributed by atoms with van der Waals surface area (Å²) >= 11 is 5.80. The SMILES string of the molecule is Cl.O=C(NC1CCNCC1)c1cc(Cl)ccc1[N+](=O)[O-]. The number of piperidine rings is 1. The van der Waals surface area contributed by atoms with E-state index in [4.69, 9.17) is 11.6 Å². The average Bonchev–Trinajstić information content (AvgIpc) is 2.39. The Morgan fingerprint density at radius 3 is 2.65 bits per heavy atom. The Bertz CT molecular complexity index is 505. The van der Waals surface area contributed by atoms with E-state index in [1.807, 2.05) is 0 Å². The summed E-state index contributed by atoms with van der Waals surface area (Å²) in [5.74, 6) is -0.443. The van der Waals surface area contributed by atoms with Crippen LogP contribution >= 0.6 is 24.0 Å². The molecule has 1 amide bonds. The summed E-state index contributed by atoms with van der Waals surface area (Å²) in [7, 11) is 0. The van der Waals surface area contributed by atoms with Crippen molar-refractivity contribution in [3.05, 3.63) is 38.9 Å². The van der Waals surface area contributed by atoms with Gasteiger partial charge in [-0.2, -0.15) is 0 Å². The van der Waals surface area contributed by atoms with Crippen LogP contribution in [-0.2, 0) is 0 Å². The van der Waals surface area contributed by atoms with Crippen molar-refractivity contribution in [1.82, 2.24) is 10.6 Å². The molecule has 0 unspecified atom stereocenters. The maximum Gasteiger partial charge on any atom is 0.282 e. The van der Waals surface area contributed by atoms with Gasteiger partial charge in [0, 0.05) is 17.1 Å². The zero-order valence-corrected chi connectivity index (χ0v) is 12.2. The molecule has 110 valence electrons. The molecule has 8 heteroatoms. The highest BCUT2D eigenvalue weighted by molar-refractivity contribution is 6.31. The Balaban J connectivity index is 0.00000200. The second kappa shape index (κ2) is 7.42. The maximum absolute atomic E-state index is 12.1. The number of carbonyl (C=O) groups excluding carboxylic acids is 1. The van der Waals surface area contributed by atoms with Gasteiger partial charge in [0.15, 0.2) is 0 Å². The van der Waals surface area contributed by atoms with Crippen molar-refractivity contribution in [2.75, 3.05) is 13.1 Å². The summed E-state index contributed by atoms with van der Waals surface area (Å²) in [6.45, 7) is 1.67. The molecule has 0 saturated carbocycles. The van der Waals surface area contributed by atoms with Crippen LogP contribution in [0.15, 0.2) is 18.2 Å². The van der Waals surface area contributed by atoms with Crippen LogP contribution in [0.25, 0.3) is 0 Å². The van der Waals surface area contributed by atoms with E-state index < -0.39 is 10.8 Å². The van der Waals surface area contributed by atoms with Crippen molar-refractivity contribution in [3.8, 4) is 0 Å². The van der Waals surface area contributed by atoms with E-state index in [1.165, 1.54) is 18.2 Å². The van der Waals surface area contributed by atoms with Gasteiger partial charge in [-0.3, -0.25) is 14.9 Å². The molecule has 20 heavy (non-hydrogen) atoms. The first-order valence-corrected chi connectivity index (χ1v) is 6.41. The highest BCUT2D eigenvalue weighted by atomic mass is 35.5. The molecule has 6 nitrogen and oxygen atoms in total. The molecular weight excluding hydrogens is 305 g/mol. The lowest BCUT2D eigenvalue weighted by atomic mass is 10.1. The Morgan fingerprint density at radius 1 is 1.40 bits per heavy atom. The van der Waals surface area contributed by atoms with Gasteiger partial charge >= 0.3 is 0 Å². The second-order valence-corrected chi connectivity index (χ2v) is 4.85. The zero-order chi connectivity index (χ0) is 13.8. The summed E-state index contributed by atoms with van der Waals surface area (Å²) in [4.78, 5) is 22.4. The molecule has 1 aliphatic rings. The third kappa shape index (κ3) is 4.06. The number of rotatable bonds is 3. The van der Waals surface area contributed by atoms with Gasteiger partial charge in [-0.05, 0) is 38.1 Å². The Labute approximate surface area is 127 Å². The lowest BCUT2D eigenvalue weighted by Gasteiger charge is -2.23. The quantitative estimate of drug-likeness (QED) is 0.660. The fourth-order valence-corrected chi connectivity index (χ4v) is 2.25. The first-order chi connectivity index (χ1) is 9.08. The summed E-state index contributed by atoms with van der Waals surface area (Å²) in [5, 5.41) is 17.2. The van der Waals surface area contributed by atoms with Crippen molar-refractivity contribution in [3.63, 3.8) is 0 Å². The monoisotopic (exact) mass is 319 g/mol. The number of hydrogen-bond acceptors (Lipinski definition) is 4. The predicted octanol–water partition coefficient (Wildman–Crippen LogP) is 2.15. The van der Waals surface area contributed by atoms with Crippen molar-refractivity contribution in [2.45, 2.75) is 18.9 Å². The van der Waals surface area contributed by atoms with Crippen LogP contribution in [0.1, 0.15) is 23.2 Å². The van der Waals surface area contributed by atoms with Gasteiger partial charge in [-0.1, -0.05) is 11.6 Å². The van der Waals surface area contributed by atoms with Crippen molar-refractivity contribution >= 4 is 35.6 Å². The normalized spacial score (nSPS) is 15.2. The van der Waals surface area contributed by atoms with Gasteiger partial charge in [-0.25, -0.2) is 0 Å². The Kier molecular flexibility index (Phi) is 6.19. The molecule has 1 aromatic rings. The van der Waals surface area contributed by atoms with Gasteiger partial charge in [0.2, 0.25) is 0 Å². The zero-order valence-electron chi connectivity index (χ0n) is 10.6. The number of nitrogens with zero attached hydrogens (tertiary/aromatic N) is 1. The van der Waals surface area contributed by atoms with Crippen LogP contribution in [-0.4, -0.2) is 30.0 Å². The molecule has 1 saturated heterocycles. The van der Waals surface area contributed by atoms with E-state index in [0.29, 0.717) is 5.02 Å². The van der Waals surface area contributed by atoms with Gasteiger partial charge in [0.1, 0.15) is 5.56 Å². The summed E-state index contributed by atoms with van der Waals surface area (Å²) in [5.41, 5.74) is -0.216. The largest absolute Gasteiger partial charge is 0.349 e. The smallest absolute Gasteiger partial charge is 0.282 e. The summed E-state index contributed by atoms with van der Waals surface area (Å²) in [6.07, 6.45) is 1.64. The second-order valence-electron chi connectivity index (χ2n) is 4.42. The van der Waals surface area contributed by atoms with E-state index in [-0.39, 0.29) is 29.7 Å². The Hall–Kier alpha value is -1.37. The molecule has 1 fully saturated rings. The summed E-state index contributed by atoms with van der Waals surface area (Å²) < 4.78 is 0. The van der Waals surface area contributed by atoms with E-state index in [2.05, 4.69) is 10.6 Å². The number of nitrogens with one attached hydrogen (secondary N) is 2. The minimum absolute atomic E-state index is 0. The maximum atomic E-state index is 12.1. The molecule has 0 atom stereocenters. The molecule has 2 rings (SSSR count). The molecule has 2 N–H and O–H groups in total. The molecule has 0 aromatic heterocycles. The first-order valence-electron chi connectivity index (χ1n) is 6.03. The molecule has 0 aliphatic carbocycles. The van der Waals surface area contributed by atoms with Crippen LogP contribution < -0.4 is 10.6 Å². The third-order valence-corrected chi connectivity index (χ3v) is 3.31. The minimum atomic E-state index is -0.576. The van der Waals surface area contributed by atoms with Crippen LogP contribution in [0.3, 0.4) is 0 Å². The van der Waals surface area contributed by atoms with Crippen molar-refractivity contribution in [1.29, 1.82) is 0 Å². The first kappa shape index (κ1) is 16.7. The van der Waals surface area contributed by atoms with Gasteiger partial charge in [0.05, 0.1) is 4.92 Å². The van der Waals surface area contributed by atoms with Crippen LogP contribution in [0.5, 0.6) is 0 Å². The molecular formula is C12H15Cl2N3O3. The molecule has 1 heterocycles. The van der Waals surface area contributed by atoms with Gasteiger partial charge in [0.25, 0.3) is 11.6 Å². The molecule has 0 bridgehead atoms. The van der Waals surface area contributed by atoms with Crippen molar-refractivity contribution < 1.29 is 9.72 Å². The van der Waals surface area contributed by atoms with Crippen LogP contribution in [0.4, 0.5) is 5.69 Å². The fourth-order valence-electron chi connectivity index (χ4n) is 2.08. The lowest BCUT2D eigenvalue weighted by molar-refractivity contribution is -0.385. The van der Waals surface area contributed by atoms with Gasteiger partial charge in [-0.15, -0.1) is 12.4 Å². The minimum Gasteiger partial charge on any atom is -0.349 e. The lowest BCUT2D eigenvalue weighted by Crippen LogP contribution is -2.42. The summed E-state index contributed by atoms with van der Waals surface area (Å²) in [6, 6.07) is 4.03. The molecule has 1 aromatic carbocycles. The fraction of sp³-hybridized carbons (Fsp3) is 0.417. The Morgan fingerprint density at radius 2 is 2.05 bits per heavy atom. The van der Waals surface area contributed by atoms with Gasteiger partial charge < -0.3 is 10.6 Å². The number of benzene rings is 1. The molecule has 1 aliphatic heterocycles. The van der Waals surface area contributed by atoms with Crippen LogP contribution in [0, 0.1) is 10.1 Å². The topological polar surface area (TPSA) is 84.3 Å². The van der Waals surface area contributed by atoms with E-state index in [1.54, 1.807) is 0 Å². The molecule has 0 radical (unpaired) electrons. The number of amides is 1. The predicted molar refractivity (Wildman–Crippen MR) is 78.7 cm³/mol. The standard InChI is InChI=1S/C12H14ClN3O3.ClH/c13-8-1-2-11(16(18)19)10(7-8)12(17)15-9-3-5-14-6-4-9;/h1-2,7,9,14H,3-6H2,(H,15,17);1H. The van der Waals surface area contributed by atoms with E-state index in [9.17, 15) is 14.9 Å². The van der Waals surface area contributed by atoms with Crippen LogP contribution in [0.2, 0.25) is 5.02 Å². The number of nitro groups is 1. The average molecular weight is 320 g/mol. The highest BCUT2D eigenvalue weighted by Crippen LogP contribution is 2.23. The number of carbonyl (C=O) groups is 1. The van der Waals surface area contributed by atoms with Crippen molar-refractivity contribution in [2.24, 2.45) is 0 Å². The number of nitro benzene ring substituents is 1. The van der Waals surface area contributed by atoms with E-state index >= 15 is 0 Å². The third-order valence-electron chi connectivity index (χ3n) is 3.07. The number of halogens is 2. The molecule has 0 spiro atoms. The number of hydrogen-bond donors (Lipinski definition) is 2. The van der Waals surface area contributed by atoms with E-state index in [0.717, 1.165) is 25.9 Å². The highest BCUT2D eigenvalue weighted by Gasteiger charge is 2.23.